The molecule has 0 radical (unpaired) electrons. The molecule has 1 N–H and O–H groups in total. The Morgan fingerprint density at radius 2 is 2.27 bits per heavy atom. The molecule has 0 heterocycles. The molecule has 0 saturated heterocycles. The number of benzene rings is 1. The van der Waals surface area contributed by atoms with Crippen LogP contribution < -0.4 is 5.32 Å². The maximum Gasteiger partial charge on any atom is 0.123 e. The zero-order chi connectivity index (χ0) is 10.7. The lowest BCUT2D eigenvalue weighted by Crippen LogP contribution is -2.32. The summed E-state index contributed by atoms with van der Waals surface area (Å²) in [6.07, 6.45) is 3.87. The highest BCUT2D eigenvalue weighted by atomic mass is 19.1. The van der Waals surface area contributed by atoms with Gasteiger partial charge in [-0.1, -0.05) is 25.5 Å². The van der Waals surface area contributed by atoms with E-state index in [4.69, 9.17) is 0 Å². The fourth-order valence-electron chi connectivity index (χ4n) is 2.25. The molecule has 0 amide bonds. The van der Waals surface area contributed by atoms with E-state index >= 15 is 0 Å². The second kappa shape index (κ2) is 4.75. The summed E-state index contributed by atoms with van der Waals surface area (Å²) in [7, 11) is 0. The van der Waals surface area contributed by atoms with Gasteiger partial charge in [0.1, 0.15) is 5.82 Å². The van der Waals surface area contributed by atoms with Gasteiger partial charge in [0.15, 0.2) is 0 Å². The summed E-state index contributed by atoms with van der Waals surface area (Å²) in [4.78, 5) is 0. The summed E-state index contributed by atoms with van der Waals surface area (Å²) < 4.78 is 13.1. The van der Waals surface area contributed by atoms with E-state index in [1.54, 1.807) is 12.1 Å². The van der Waals surface area contributed by atoms with Crippen LogP contribution in [0.3, 0.4) is 0 Å². The Morgan fingerprint density at radius 1 is 1.47 bits per heavy atom. The number of nitrogens with one attached hydrogen (secondary N) is 1. The summed E-state index contributed by atoms with van der Waals surface area (Å²) in [6, 6.07) is 7.33. The highest BCUT2D eigenvalue weighted by Gasteiger charge is 2.27. The topological polar surface area (TPSA) is 12.0 Å². The van der Waals surface area contributed by atoms with Crippen LogP contribution in [0, 0.1) is 11.7 Å². The van der Waals surface area contributed by atoms with Crippen LogP contribution in [0.15, 0.2) is 24.3 Å². The molecular formula is C13H18FN. The third kappa shape index (κ3) is 2.37. The van der Waals surface area contributed by atoms with Gasteiger partial charge in [0.05, 0.1) is 0 Å². The molecule has 0 spiro atoms. The molecule has 1 saturated carbocycles. The molecule has 1 aromatic carbocycles. The Balaban J connectivity index is 2.15. The Labute approximate surface area is 90.7 Å². The van der Waals surface area contributed by atoms with Gasteiger partial charge >= 0.3 is 0 Å². The molecule has 1 aliphatic rings. The van der Waals surface area contributed by atoms with Gasteiger partial charge in [-0.15, -0.1) is 0 Å². The SMILES string of the molecule is CCNC(c1cccc(F)c1)C1CCC1. The first kappa shape index (κ1) is 10.6. The predicted molar refractivity (Wildman–Crippen MR) is 60.2 cm³/mol. The van der Waals surface area contributed by atoms with Crippen molar-refractivity contribution in [2.45, 2.75) is 32.2 Å². The summed E-state index contributed by atoms with van der Waals surface area (Å²) in [6.45, 7) is 3.04. The average molecular weight is 207 g/mol. The second-order valence-corrected chi connectivity index (χ2v) is 4.28. The molecule has 15 heavy (non-hydrogen) atoms. The monoisotopic (exact) mass is 207 g/mol. The quantitative estimate of drug-likeness (QED) is 0.799. The number of hydrogen-bond donors (Lipinski definition) is 1. The Kier molecular flexibility index (Phi) is 3.37. The molecule has 1 fully saturated rings. The third-order valence-electron chi connectivity index (χ3n) is 3.25. The van der Waals surface area contributed by atoms with Gasteiger partial charge in [-0.2, -0.15) is 0 Å². The van der Waals surface area contributed by atoms with Gasteiger partial charge in [-0.05, 0) is 43.0 Å². The average Bonchev–Trinajstić information content (AvgIpc) is 2.14. The van der Waals surface area contributed by atoms with Gasteiger partial charge < -0.3 is 5.32 Å². The molecule has 2 rings (SSSR count). The van der Waals surface area contributed by atoms with Gasteiger partial charge in [-0.25, -0.2) is 4.39 Å². The first-order chi connectivity index (χ1) is 7.31. The van der Waals surface area contributed by atoms with E-state index in [2.05, 4.69) is 12.2 Å². The lowest BCUT2D eigenvalue weighted by Gasteiger charge is -2.34. The van der Waals surface area contributed by atoms with E-state index in [1.807, 2.05) is 6.07 Å². The Bertz CT molecular complexity index is 320. The zero-order valence-electron chi connectivity index (χ0n) is 9.17. The van der Waals surface area contributed by atoms with E-state index in [0.717, 1.165) is 12.1 Å². The molecule has 0 bridgehead atoms. The van der Waals surface area contributed by atoms with Crippen molar-refractivity contribution in [1.29, 1.82) is 0 Å². The van der Waals surface area contributed by atoms with Crippen LogP contribution in [-0.2, 0) is 0 Å². The summed E-state index contributed by atoms with van der Waals surface area (Å²) in [5.41, 5.74) is 1.10. The molecule has 0 aliphatic heterocycles. The second-order valence-electron chi connectivity index (χ2n) is 4.28. The third-order valence-corrected chi connectivity index (χ3v) is 3.25. The van der Waals surface area contributed by atoms with Crippen LogP contribution in [0.1, 0.15) is 37.8 Å². The first-order valence-electron chi connectivity index (χ1n) is 5.80. The minimum atomic E-state index is -0.130. The van der Waals surface area contributed by atoms with E-state index < -0.39 is 0 Å². The molecule has 1 atom stereocenters. The fraction of sp³-hybridized carbons (Fsp3) is 0.538. The van der Waals surface area contributed by atoms with Crippen molar-refractivity contribution in [3.05, 3.63) is 35.6 Å². The lowest BCUT2D eigenvalue weighted by atomic mass is 9.77. The van der Waals surface area contributed by atoms with Gasteiger partial charge in [0.25, 0.3) is 0 Å². The summed E-state index contributed by atoms with van der Waals surface area (Å²) >= 11 is 0. The van der Waals surface area contributed by atoms with Crippen LogP contribution in [0.4, 0.5) is 4.39 Å². The Morgan fingerprint density at radius 3 is 2.80 bits per heavy atom. The van der Waals surface area contributed by atoms with Crippen molar-refractivity contribution in [1.82, 2.24) is 5.32 Å². The van der Waals surface area contributed by atoms with Crippen molar-refractivity contribution >= 4 is 0 Å². The standard InChI is InChI=1S/C13H18FN/c1-2-15-13(10-5-3-6-10)11-7-4-8-12(14)9-11/h4,7-10,13,15H,2-3,5-6H2,1H3. The highest BCUT2D eigenvalue weighted by Crippen LogP contribution is 2.37. The van der Waals surface area contributed by atoms with E-state index in [9.17, 15) is 4.39 Å². The van der Waals surface area contributed by atoms with Crippen molar-refractivity contribution in [3.8, 4) is 0 Å². The molecule has 82 valence electrons. The molecule has 1 unspecified atom stereocenters. The maximum absolute atomic E-state index is 13.1. The van der Waals surface area contributed by atoms with Crippen LogP contribution in [0.2, 0.25) is 0 Å². The fourth-order valence-corrected chi connectivity index (χ4v) is 2.25. The summed E-state index contributed by atoms with van der Waals surface area (Å²) in [5, 5.41) is 3.46. The van der Waals surface area contributed by atoms with Crippen LogP contribution in [0.25, 0.3) is 0 Å². The molecule has 2 heteroatoms. The number of halogens is 1. The van der Waals surface area contributed by atoms with Crippen LogP contribution in [0.5, 0.6) is 0 Å². The molecular weight excluding hydrogens is 189 g/mol. The first-order valence-corrected chi connectivity index (χ1v) is 5.80. The zero-order valence-corrected chi connectivity index (χ0v) is 9.17. The minimum absolute atomic E-state index is 0.130. The lowest BCUT2D eigenvalue weighted by molar-refractivity contribution is 0.233. The maximum atomic E-state index is 13.1. The molecule has 1 aliphatic carbocycles. The molecule has 1 nitrogen and oxygen atoms in total. The predicted octanol–water partition coefficient (Wildman–Crippen LogP) is 3.28. The number of rotatable bonds is 4. The molecule has 1 aromatic rings. The van der Waals surface area contributed by atoms with Crippen LogP contribution >= 0.6 is 0 Å². The Hall–Kier alpha value is -0.890. The van der Waals surface area contributed by atoms with E-state index in [1.165, 1.54) is 25.3 Å². The van der Waals surface area contributed by atoms with Crippen molar-refractivity contribution in [3.63, 3.8) is 0 Å². The largest absolute Gasteiger partial charge is 0.310 e. The normalized spacial score (nSPS) is 18.5. The van der Waals surface area contributed by atoms with Crippen molar-refractivity contribution in [2.75, 3.05) is 6.54 Å². The minimum Gasteiger partial charge on any atom is -0.310 e. The highest BCUT2D eigenvalue weighted by molar-refractivity contribution is 5.21. The van der Waals surface area contributed by atoms with E-state index in [0.29, 0.717) is 12.0 Å². The van der Waals surface area contributed by atoms with E-state index in [-0.39, 0.29) is 5.82 Å². The molecule has 0 aromatic heterocycles. The van der Waals surface area contributed by atoms with Gasteiger partial charge in [-0.3, -0.25) is 0 Å². The summed E-state index contributed by atoms with van der Waals surface area (Å²) in [5.74, 6) is 0.571. The van der Waals surface area contributed by atoms with Crippen LogP contribution in [-0.4, -0.2) is 6.54 Å². The number of hydrogen-bond acceptors (Lipinski definition) is 1. The van der Waals surface area contributed by atoms with Crippen molar-refractivity contribution < 1.29 is 4.39 Å². The van der Waals surface area contributed by atoms with Gasteiger partial charge in [0.2, 0.25) is 0 Å². The van der Waals surface area contributed by atoms with Gasteiger partial charge in [0, 0.05) is 6.04 Å². The smallest absolute Gasteiger partial charge is 0.123 e. The van der Waals surface area contributed by atoms with Crippen molar-refractivity contribution in [2.24, 2.45) is 5.92 Å².